The topological polar surface area (TPSA) is 35.5 Å². The Kier molecular flexibility index (Phi) is 12.9. The molecule has 1 aliphatic rings. The van der Waals surface area contributed by atoms with E-state index < -0.39 is 5.41 Å². The van der Waals surface area contributed by atoms with Gasteiger partial charge in [-0.25, -0.2) is 0 Å². The third kappa shape index (κ3) is 10.2. The van der Waals surface area contributed by atoms with Crippen LogP contribution >= 0.6 is 45.2 Å². The van der Waals surface area contributed by atoms with Gasteiger partial charge in [0, 0.05) is 6.84 Å². The van der Waals surface area contributed by atoms with Crippen LogP contribution in [0.15, 0.2) is 36.4 Å². The number of fused-ring (bicyclic) bond motifs is 1. The predicted molar refractivity (Wildman–Crippen MR) is 206 cm³/mol. The number of carbonyl (C=O) groups is 1. The van der Waals surface area contributed by atoms with E-state index in [0.29, 0.717) is 19.1 Å². The number of hydrogen-bond donors (Lipinski definition) is 0. The van der Waals surface area contributed by atoms with Gasteiger partial charge in [-0.2, -0.15) is 0 Å². The molecule has 0 saturated heterocycles. The number of aryl methyl sites for hydroxylation is 1. The molecule has 5 heteroatoms. The molecule has 1 atom stereocenters. The van der Waals surface area contributed by atoms with E-state index in [1.807, 2.05) is 13.8 Å². The highest BCUT2D eigenvalue weighted by molar-refractivity contribution is 14.1. The fraction of sp³-hybridized carbons (Fsp3) is 0.615. The van der Waals surface area contributed by atoms with Crippen LogP contribution in [0.2, 0.25) is 0 Å². The normalized spacial score (nSPS) is 15.7. The van der Waals surface area contributed by atoms with Gasteiger partial charge in [-0.15, -0.1) is 0 Å². The molecule has 3 nitrogen and oxygen atoms in total. The molecule has 0 amide bonds. The molecule has 2 aromatic carbocycles. The zero-order valence-corrected chi connectivity index (χ0v) is 33.3. The van der Waals surface area contributed by atoms with Gasteiger partial charge in [0.05, 0.1) is 18.6 Å². The number of rotatable bonds is 13. The van der Waals surface area contributed by atoms with Gasteiger partial charge in [0.25, 0.3) is 0 Å². The Morgan fingerprint density at radius 1 is 0.864 bits per heavy atom. The number of alkyl halides is 2. The number of hydrogen-bond acceptors (Lipinski definition) is 3. The van der Waals surface area contributed by atoms with Crippen LogP contribution in [0.3, 0.4) is 0 Å². The lowest BCUT2D eigenvalue weighted by Crippen LogP contribution is -2.46. The summed E-state index contributed by atoms with van der Waals surface area (Å²) in [5.41, 5.74) is 7.93. The third-order valence-electron chi connectivity index (χ3n) is 9.08. The molecule has 1 unspecified atom stereocenters. The molecule has 0 bridgehead atoms. The van der Waals surface area contributed by atoms with Crippen molar-refractivity contribution in [3.05, 3.63) is 64.2 Å². The van der Waals surface area contributed by atoms with Gasteiger partial charge < -0.3 is 9.47 Å². The average molecular weight is 827 g/mol. The van der Waals surface area contributed by atoms with Gasteiger partial charge in [-0.3, -0.25) is 4.79 Å². The molecular weight excluding hydrogens is 770 g/mol. The van der Waals surface area contributed by atoms with Crippen LogP contribution in [0, 0.1) is 5.41 Å². The van der Waals surface area contributed by atoms with Crippen LogP contribution in [0.4, 0.5) is 0 Å². The summed E-state index contributed by atoms with van der Waals surface area (Å²) in [4.78, 5) is 13.0. The number of ether oxygens (including phenoxy) is 2. The Bertz CT molecular complexity index is 1310. The summed E-state index contributed by atoms with van der Waals surface area (Å²) >= 11 is 4.91. The number of halogens is 2. The van der Waals surface area contributed by atoms with Gasteiger partial charge in [0.15, 0.2) is 0 Å². The van der Waals surface area contributed by atoms with Gasteiger partial charge in [-0.05, 0) is 123 Å². The van der Waals surface area contributed by atoms with Gasteiger partial charge in [0.2, 0.25) is 0 Å². The monoisotopic (exact) mass is 826 g/mol. The van der Waals surface area contributed by atoms with Gasteiger partial charge in [-0.1, -0.05) is 124 Å². The van der Waals surface area contributed by atoms with E-state index in [1.54, 1.807) is 0 Å². The minimum absolute atomic E-state index is 0.102. The molecule has 2 aromatic rings. The molecule has 0 spiro atoms. The van der Waals surface area contributed by atoms with Gasteiger partial charge >= 0.3 is 5.97 Å². The Morgan fingerprint density at radius 3 is 2.18 bits per heavy atom. The van der Waals surface area contributed by atoms with E-state index >= 15 is 0 Å². The van der Waals surface area contributed by atoms with E-state index in [4.69, 9.17) is 9.47 Å². The molecule has 0 saturated carbocycles. The third-order valence-corrected chi connectivity index (χ3v) is 11.2. The van der Waals surface area contributed by atoms with E-state index in [0.717, 1.165) is 50.7 Å². The molecule has 0 radical (unpaired) electrons. The zero-order valence-electron chi connectivity index (χ0n) is 29.0. The Balaban J connectivity index is 1.58. The second-order valence-corrected chi connectivity index (χ2v) is 20.7. The first kappa shape index (κ1) is 37.4. The maximum absolute atomic E-state index is 13.0. The zero-order chi connectivity index (χ0) is 32.9. The largest absolute Gasteiger partial charge is 0.494 e. The minimum Gasteiger partial charge on any atom is -0.494 e. The summed E-state index contributed by atoms with van der Waals surface area (Å²) in [7, 11) is 0. The fourth-order valence-corrected chi connectivity index (χ4v) is 8.58. The quantitative estimate of drug-likeness (QED) is 0.0873. The Hall–Kier alpha value is -1.09. The standard InChI is InChI=1S/C39H56I2O3/c1-27(2)33-20-18-31(36(3,4)5)25-34(33)29-16-14-15-28-17-19-32(24-30(28)23-29)43-21-12-11-13-22-44-35(42)38(8,9)39(10,41)26-37(6,7)40/h17-20,23-25,27H,11-16,21-22,26H2,1-10H3. The van der Waals surface area contributed by atoms with Crippen molar-refractivity contribution in [1.82, 2.24) is 0 Å². The van der Waals surface area contributed by atoms with Crippen LogP contribution in [0.5, 0.6) is 5.75 Å². The summed E-state index contributed by atoms with van der Waals surface area (Å²) in [6, 6.07) is 13.7. The highest BCUT2D eigenvalue weighted by Gasteiger charge is 2.48. The first-order valence-corrected chi connectivity index (χ1v) is 18.6. The lowest BCUT2D eigenvalue weighted by Gasteiger charge is -2.41. The molecule has 0 N–H and O–H groups in total. The Morgan fingerprint density at radius 2 is 1.55 bits per heavy atom. The highest BCUT2D eigenvalue weighted by atomic mass is 127. The van der Waals surface area contributed by atoms with Crippen LogP contribution in [0.25, 0.3) is 11.6 Å². The highest BCUT2D eigenvalue weighted by Crippen LogP contribution is 2.47. The number of carbonyl (C=O) groups excluding carboxylic acids is 1. The van der Waals surface area contributed by atoms with Crippen molar-refractivity contribution < 1.29 is 14.3 Å². The maximum atomic E-state index is 13.0. The predicted octanol–water partition coefficient (Wildman–Crippen LogP) is 11.9. The maximum Gasteiger partial charge on any atom is 0.312 e. The molecule has 0 aromatic heterocycles. The second kappa shape index (κ2) is 15.2. The summed E-state index contributed by atoms with van der Waals surface area (Å²) in [5, 5.41) is 0. The summed E-state index contributed by atoms with van der Waals surface area (Å²) < 4.78 is 11.9. The van der Waals surface area contributed by atoms with Crippen molar-refractivity contribution in [1.29, 1.82) is 0 Å². The summed E-state index contributed by atoms with van der Waals surface area (Å²) in [6.45, 7) is 23.2. The van der Waals surface area contributed by atoms with Gasteiger partial charge in [0.1, 0.15) is 5.75 Å². The van der Waals surface area contributed by atoms with Crippen LogP contribution in [-0.2, 0) is 21.4 Å². The molecule has 1 aliphatic carbocycles. The number of allylic oxidation sites excluding steroid dienone is 1. The minimum atomic E-state index is -0.551. The van der Waals surface area contributed by atoms with Crippen LogP contribution in [-0.4, -0.2) is 26.0 Å². The number of esters is 1. The van der Waals surface area contributed by atoms with E-state index in [1.165, 1.54) is 33.4 Å². The molecule has 0 fully saturated rings. The Labute approximate surface area is 296 Å². The lowest BCUT2D eigenvalue weighted by atomic mass is 9.76. The first-order chi connectivity index (χ1) is 20.3. The lowest BCUT2D eigenvalue weighted by molar-refractivity contribution is -0.155. The summed E-state index contributed by atoms with van der Waals surface area (Å²) in [5.74, 6) is 1.31. The second-order valence-electron chi connectivity index (χ2n) is 15.4. The van der Waals surface area contributed by atoms with E-state index in [9.17, 15) is 4.79 Å². The number of unbranched alkanes of at least 4 members (excludes halogenated alkanes) is 2. The van der Waals surface area contributed by atoms with Crippen molar-refractivity contribution in [3.8, 4) is 5.75 Å². The SMILES string of the molecule is CC(C)c1ccc(C(C)(C)C)cc1C1=Cc2cc(OCCCCCOC(=O)C(C)(C)C(C)(I)CC(C)(C)I)ccc2CCC1. The number of benzene rings is 2. The molecule has 3 rings (SSSR count). The molecule has 44 heavy (non-hydrogen) atoms. The van der Waals surface area contributed by atoms with Crippen molar-refractivity contribution >= 4 is 62.8 Å². The molecule has 244 valence electrons. The van der Waals surface area contributed by atoms with Crippen molar-refractivity contribution in [2.24, 2.45) is 5.41 Å². The molecule has 0 heterocycles. The van der Waals surface area contributed by atoms with E-state index in [-0.39, 0.29) is 18.2 Å². The van der Waals surface area contributed by atoms with Crippen LogP contribution in [0.1, 0.15) is 141 Å². The molecule has 0 aliphatic heterocycles. The average Bonchev–Trinajstić information content (AvgIpc) is 3.12. The van der Waals surface area contributed by atoms with Crippen molar-refractivity contribution in [3.63, 3.8) is 0 Å². The van der Waals surface area contributed by atoms with Crippen molar-refractivity contribution in [2.75, 3.05) is 13.2 Å². The first-order valence-electron chi connectivity index (χ1n) is 16.5. The van der Waals surface area contributed by atoms with E-state index in [2.05, 4.69) is 143 Å². The molecular formula is C39H56I2O3. The van der Waals surface area contributed by atoms with Crippen LogP contribution < -0.4 is 4.74 Å². The fourth-order valence-electron chi connectivity index (χ4n) is 5.91. The summed E-state index contributed by atoms with van der Waals surface area (Å²) in [6.07, 6.45) is 9.44. The van der Waals surface area contributed by atoms with Crippen molar-refractivity contribution in [2.45, 2.75) is 132 Å². The smallest absolute Gasteiger partial charge is 0.312 e.